The first-order valence-electron chi connectivity index (χ1n) is 11.8. The van der Waals surface area contributed by atoms with E-state index in [1.165, 1.54) is 12.4 Å². The average molecular weight is 526 g/mol. The number of fused-ring (bicyclic) bond motifs is 2. The number of pyridine rings is 1. The molecule has 1 amide bonds. The molecule has 0 saturated heterocycles. The minimum Gasteiger partial charge on any atom is -0.457 e. The van der Waals surface area contributed by atoms with Gasteiger partial charge in [-0.1, -0.05) is 24.3 Å². The average Bonchev–Trinajstić information content (AvgIpc) is 3.30. The number of anilines is 2. The second kappa shape index (κ2) is 10.7. The van der Waals surface area contributed by atoms with Gasteiger partial charge in [-0.3, -0.25) is 4.79 Å². The molecule has 0 bridgehead atoms. The van der Waals surface area contributed by atoms with Crippen molar-refractivity contribution in [2.45, 2.75) is 6.92 Å². The van der Waals surface area contributed by atoms with Gasteiger partial charge in [0.2, 0.25) is 5.91 Å². The van der Waals surface area contributed by atoms with Gasteiger partial charge in [0.1, 0.15) is 23.3 Å². The van der Waals surface area contributed by atoms with Crippen LogP contribution < -0.4 is 15.4 Å². The minimum absolute atomic E-state index is 0.237. The normalized spacial score (nSPS) is 11.2. The number of ether oxygens (including phenoxy) is 1. The van der Waals surface area contributed by atoms with E-state index in [2.05, 4.69) is 37.1 Å². The number of aryl methyl sites for hydroxylation is 1. The molecule has 9 nitrogen and oxygen atoms in total. The van der Waals surface area contributed by atoms with Crippen molar-refractivity contribution in [1.82, 2.24) is 29.8 Å². The molecule has 190 valence electrons. The Hall–Kier alpha value is -4.76. The molecule has 0 aliphatic heterocycles. The first kappa shape index (κ1) is 24.9. The molecule has 0 aliphatic rings. The third kappa shape index (κ3) is 5.18. The number of imidazole rings is 1. The standard InChI is InChI=1S/C28H24ClN7O2/c1-4-25(37)30-13-5-6-18-7-9-21-27(34-18)28(32-15-31-21)35-20-10-12-24(17(2)26(20)29)38-19-8-11-23-22(14-19)33-16-36(23)3/h4-12,14-16H,1,13H2,2-3H3,(H,30,37)(H,31,32,35)/b6-5+. The Morgan fingerprint density at radius 3 is 2.84 bits per heavy atom. The molecule has 0 aliphatic carbocycles. The zero-order valence-corrected chi connectivity index (χ0v) is 21.5. The highest BCUT2D eigenvalue weighted by Gasteiger charge is 2.14. The molecule has 0 fully saturated rings. The Morgan fingerprint density at radius 2 is 2.00 bits per heavy atom. The van der Waals surface area contributed by atoms with Crippen LogP contribution in [0.2, 0.25) is 5.02 Å². The van der Waals surface area contributed by atoms with Gasteiger partial charge in [0.05, 0.1) is 39.3 Å². The molecular formula is C28H24ClN7O2. The second-order valence-electron chi connectivity index (χ2n) is 8.46. The Kier molecular flexibility index (Phi) is 7.01. The quantitative estimate of drug-likeness (QED) is 0.249. The van der Waals surface area contributed by atoms with Crippen molar-refractivity contribution >= 4 is 57.2 Å². The zero-order chi connectivity index (χ0) is 26.6. The lowest BCUT2D eigenvalue weighted by Crippen LogP contribution is -2.20. The lowest BCUT2D eigenvalue weighted by atomic mass is 10.2. The van der Waals surface area contributed by atoms with Crippen LogP contribution in [0, 0.1) is 6.92 Å². The zero-order valence-electron chi connectivity index (χ0n) is 20.8. The van der Waals surface area contributed by atoms with Gasteiger partial charge in [0.25, 0.3) is 0 Å². The van der Waals surface area contributed by atoms with E-state index in [1.807, 2.05) is 67.1 Å². The van der Waals surface area contributed by atoms with Crippen LogP contribution in [-0.4, -0.2) is 37.0 Å². The van der Waals surface area contributed by atoms with Crippen LogP contribution in [0.5, 0.6) is 11.5 Å². The molecule has 0 spiro atoms. The minimum atomic E-state index is -0.237. The molecule has 5 aromatic rings. The van der Waals surface area contributed by atoms with Gasteiger partial charge in [-0.05, 0) is 55.5 Å². The predicted octanol–water partition coefficient (Wildman–Crippen LogP) is 5.72. The fourth-order valence-corrected chi connectivity index (χ4v) is 4.06. The summed E-state index contributed by atoms with van der Waals surface area (Å²) in [6, 6.07) is 13.2. The van der Waals surface area contributed by atoms with Crippen LogP contribution in [0.1, 0.15) is 11.3 Å². The first-order valence-corrected chi connectivity index (χ1v) is 12.1. The fraction of sp³-hybridized carbons (Fsp3) is 0.107. The SMILES string of the molecule is C=CC(=O)NC/C=C/c1ccc2ncnc(Nc3ccc(Oc4ccc5c(c4)ncn5C)c(C)c3Cl)c2n1. The Bertz CT molecular complexity index is 1710. The summed E-state index contributed by atoms with van der Waals surface area (Å²) < 4.78 is 8.08. The van der Waals surface area contributed by atoms with E-state index in [9.17, 15) is 4.79 Å². The molecule has 0 unspecified atom stereocenters. The molecule has 3 heterocycles. The van der Waals surface area contributed by atoms with E-state index in [-0.39, 0.29) is 5.91 Å². The van der Waals surface area contributed by atoms with Gasteiger partial charge in [-0.25, -0.2) is 19.9 Å². The highest BCUT2D eigenvalue weighted by Crippen LogP contribution is 2.37. The van der Waals surface area contributed by atoms with Crippen LogP contribution in [-0.2, 0) is 11.8 Å². The number of nitrogens with zero attached hydrogens (tertiary/aromatic N) is 5. The van der Waals surface area contributed by atoms with E-state index in [0.717, 1.165) is 16.6 Å². The molecule has 0 radical (unpaired) electrons. The van der Waals surface area contributed by atoms with Crippen molar-refractivity contribution in [2.24, 2.45) is 7.05 Å². The van der Waals surface area contributed by atoms with Gasteiger partial charge < -0.3 is 19.9 Å². The van der Waals surface area contributed by atoms with Crippen LogP contribution in [0.3, 0.4) is 0 Å². The number of halogens is 1. The summed E-state index contributed by atoms with van der Waals surface area (Å²) in [6.45, 7) is 5.69. The number of hydrogen-bond acceptors (Lipinski definition) is 7. The summed E-state index contributed by atoms with van der Waals surface area (Å²) in [5, 5.41) is 6.47. The molecule has 2 N–H and O–H groups in total. The van der Waals surface area contributed by atoms with Crippen LogP contribution in [0.4, 0.5) is 11.5 Å². The fourth-order valence-electron chi connectivity index (χ4n) is 3.86. The predicted molar refractivity (Wildman–Crippen MR) is 150 cm³/mol. The summed E-state index contributed by atoms with van der Waals surface area (Å²) in [5.41, 5.74) is 5.26. The number of amides is 1. The van der Waals surface area contributed by atoms with Crippen LogP contribution >= 0.6 is 11.6 Å². The summed E-state index contributed by atoms with van der Waals surface area (Å²) in [7, 11) is 1.95. The van der Waals surface area contributed by atoms with Crippen molar-refractivity contribution in [3.63, 3.8) is 0 Å². The van der Waals surface area contributed by atoms with Gasteiger partial charge >= 0.3 is 0 Å². The Morgan fingerprint density at radius 1 is 1.13 bits per heavy atom. The van der Waals surface area contributed by atoms with Gasteiger partial charge in [0, 0.05) is 25.2 Å². The third-order valence-electron chi connectivity index (χ3n) is 5.89. The van der Waals surface area contributed by atoms with E-state index < -0.39 is 0 Å². The van der Waals surface area contributed by atoms with E-state index in [4.69, 9.17) is 16.3 Å². The molecule has 10 heteroatoms. The monoisotopic (exact) mass is 525 g/mol. The maximum Gasteiger partial charge on any atom is 0.243 e. The smallest absolute Gasteiger partial charge is 0.243 e. The highest BCUT2D eigenvalue weighted by molar-refractivity contribution is 6.34. The summed E-state index contributed by atoms with van der Waals surface area (Å²) in [6.07, 6.45) is 8.08. The van der Waals surface area contributed by atoms with Crippen LogP contribution in [0.25, 0.3) is 28.1 Å². The maximum atomic E-state index is 11.3. The molecule has 0 saturated carbocycles. The van der Waals surface area contributed by atoms with Crippen molar-refractivity contribution < 1.29 is 9.53 Å². The first-order chi connectivity index (χ1) is 18.4. The summed E-state index contributed by atoms with van der Waals surface area (Å²) in [4.78, 5) is 29.1. The van der Waals surface area contributed by atoms with E-state index >= 15 is 0 Å². The van der Waals surface area contributed by atoms with Gasteiger partial charge in [-0.15, -0.1) is 0 Å². The number of rotatable bonds is 8. The lowest BCUT2D eigenvalue weighted by Gasteiger charge is -2.15. The van der Waals surface area contributed by atoms with E-state index in [1.54, 1.807) is 12.4 Å². The lowest BCUT2D eigenvalue weighted by molar-refractivity contribution is -0.116. The summed E-state index contributed by atoms with van der Waals surface area (Å²) in [5.74, 6) is 1.59. The van der Waals surface area contributed by atoms with E-state index in [0.29, 0.717) is 51.3 Å². The van der Waals surface area contributed by atoms with Crippen LogP contribution in [0.15, 0.2) is 73.9 Å². The Labute approximate surface area is 223 Å². The number of nitrogens with one attached hydrogen (secondary N) is 2. The third-order valence-corrected chi connectivity index (χ3v) is 6.37. The number of aromatic nitrogens is 5. The molecule has 38 heavy (non-hydrogen) atoms. The largest absolute Gasteiger partial charge is 0.457 e. The molecule has 0 atom stereocenters. The molecule has 3 aromatic heterocycles. The van der Waals surface area contributed by atoms with Crippen molar-refractivity contribution in [3.8, 4) is 11.5 Å². The van der Waals surface area contributed by atoms with Gasteiger partial charge in [0.15, 0.2) is 5.82 Å². The van der Waals surface area contributed by atoms with Crippen molar-refractivity contribution in [1.29, 1.82) is 0 Å². The number of carbonyl (C=O) groups is 1. The molecule has 2 aromatic carbocycles. The maximum absolute atomic E-state index is 11.3. The number of benzene rings is 2. The summed E-state index contributed by atoms with van der Waals surface area (Å²) >= 11 is 6.74. The topological polar surface area (TPSA) is 107 Å². The highest BCUT2D eigenvalue weighted by atomic mass is 35.5. The second-order valence-corrected chi connectivity index (χ2v) is 8.84. The molecular weight excluding hydrogens is 502 g/mol. The number of carbonyl (C=O) groups excluding carboxylic acids is 1. The Balaban J connectivity index is 1.37. The van der Waals surface area contributed by atoms with Crippen molar-refractivity contribution in [3.05, 3.63) is 90.1 Å². The van der Waals surface area contributed by atoms with Crippen molar-refractivity contribution in [2.75, 3.05) is 11.9 Å². The molecule has 5 rings (SSSR count). The van der Waals surface area contributed by atoms with Gasteiger partial charge in [-0.2, -0.15) is 0 Å². The number of hydrogen-bond donors (Lipinski definition) is 2.